The van der Waals surface area contributed by atoms with Gasteiger partial charge in [-0.2, -0.15) is 0 Å². The van der Waals surface area contributed by atoms with Crippen LogP contribution in [0.1, 0.15) is 16.7 Å². The van der Waals surface area contributed by atoms with E-state index >= 15 is 0 Å². The lowest BCUT2D eigenvalue weighted by Crippen LogP contribution is -2.42. The molecule has 3 aliphatic heterocycles. The summed E-state index contributed by atoms with van der Waals surface area (Å²) in [7, 11) is 2.12. The Bertz CT molecular complexity index is 1080. The molecule has 2 aromatic carbocycles. The number of hydrogen-bond acceptors (Lipinski definition) is 5. The summed E-state index contributed by atoms with van der Waals surface area (Å²) in [6, 6.07) is 16.3. The first-order valence-corrected chi connectivity index (χ1v) is 10.4. The highest BCUT2D eigenvalue weighted by molar-refractivity contribution is 6.32. The van der Waals surface area contributed by atoms with Gasteiger partial charge in [-0.1, -0.05) is 42.0 Å². The first-order valence-electron chi connectivity index (χ1n) is 10.4. The highest BCUT2D eigenvalue weighted by atomic mass is 16.2. The molecule has 0 atom stereocenters. The Morgan fingerprint density at radius 1 is 1.00 bits per heavy atom. The van der Waals surface area contributed by atoms with Crippen molar-refractivity contribution in [2.45, 2.75) is 6.92 Å². The molecule has 1 saturated heterocycles. The van der Waals surface area contributed by atoms with Gasteiger partial charge in [-0.05, 0) is 26.1 Å². The van der Waals surface area contributed by atoms with E-state index in [1.165, 1.54) is 0 Å². The molecule has 0 aromatic heterocycles. The number of rotatable bonds is 2. The molecule has 0 bridgehead atoms. The molecule has 0 spiro atoms. The van der Waals surface area contributed by atoms with Crippen LogP contribution in [0.3, 0.4) is 0 Å². The first-order chi connectivity index (χ1) is 14.6. The summed E-state index contributed by atoms with van der Waals surface area (Å²) in [6.07, 6.45) is 1.92. The zero-order valence-corrected chi connectivity index (χ0v) is 17.4. The van der Waals surface area contributed by atoms with E-state index in [0.29, 0.717) is 18.1 Å². The average Bonchev–Trinajstić information content (AvgIpc) is 2.96. The van der Waals surface area contributed by atoms with Gasteiger partial charge in [0.2, 0.25) is 0 Å². The fourth-order valence-electron chi connectivity index (χ4n) is 4.14. The lowest BCUT2D eigenvalue weighted by atomic mass is 9.98. The van der Waals surface area contributed by atoms with Crippen molar-refractivity contribution in [1.29, 1.82) is 0 Å². The molecule has 5 rings (SSSR count). The normalized spacial score (nSPS) is 20.6. The topological polar surface area (TPSA) is 51.5 Å². The Kier molecular flexibility index (Phi) is 4.71. The van der Waals surface area contributed by atoms with Crippen molar-refractivity contribution in [3.8, 4) is 0 Å². The van der Waals surface area contributed by atoms with Gasteiger partial charge in [-0.15, -0.1) is 0 Å². The summed E-state index contributed by atoms with van der Waals surface area (Å²) < 4.78 is 0. The Balaban J connectivity index is 1.56. The van der Waals surface area contributed by atoms with Crippen LogP contribution in [0.4, 0.5) is 5.69 Å². The molecule has 0 N–H and O–H groups in total. The molecule has 6 heteroatoms. The molecule has 0 radical (unpaired) electrons. The lowest BCUT2D eigenvalue weighted by Gasteiger charge is -2.31. The fraction of sp³-hybridized carbons (Fsp3) is 0.292. The molecule has 3 aliphatic rings. The Morgan fingerprint density at radius 2 is 1.77 bits per heavy atom. The number of hydrogen-bond donors (Lipinski definition) is 0. The Labute approximate surface area is 176 Å². The molecule has 152 valence electrons. The van der Waals surface area contributed by atoms with E-state index in [2.05, 4.69) is 42.0 Å². The van der Waals surface area contributed by atoms with Crippen LogP contribution in [0, 0.1) is 6.92 Å². The number of amidine groups is 1. The van der Waals surface area contributed by atoms with E-state index in [0.717, 1.165) is 54.3 Å². The van der Waals surface area contributed by atoms with Crippen LogP contribution in [0.25, 0.3) is 0 Å². The molecule has 30 heavy (non-hydrogen) atoms. The zero-order chi connectivity index (χ0) is 20.7. The standard InChI is InChI=1S/C24H25N5O/c1-17-8-9-21-19(14-17)23(18-6-4-3-5-7-18)25-15-22-26-20(24(30)29(21)22)16-28-12-10-27(2)11-13-28/h3-9,14,16H,10-13,15H2,1-2H3/b20-16-. The number of amides is 1. The van der Waals surface area contributed by atoms with Crippen LogP contribution in [-0.2, 0) is 4.79 Å². The summed E-state index contributed by atoms with van der Waals surface area (Å²) in [5.41, 5.74) is 5.42. The minimum Gasteiger partial charge on any atom is -0.373 e. The van der Waals surface area contributed by atoms with Gasteiger partial charge in [0.1, 0.15) is 11.5 Å². The van der Waals surface area contributed by atoms with Crippen molar-refractivity contribution in [2.24, 2.45) is 9.98 Å². The summed E-state index contributed by atoms with van der Waals surface area (Å²) >= 11 is 0. The molecule has 1 fully saturated rings. The third kappa shape index (κ3) is 3.33. The van der Waals surface area contributed by atoms with Crippen LogP contribution in [0.5, 0.6) is 0 Å². The van der Waals surface area contributed by atoms with Crippen LogP contribution in [0.2, 0.25) is 0 Å². The number of aryl methyl sites for hydroxylation is 1. The number of nitrogens with zero attached hydrogens (tertiary/aromatic N) is 5. The first kappa shape index (κ1) is 18.8. The van der Waals surface area contributed by atoms with E-state index in [1.54, 1.807) is 4.90 Å². The van der Waals surface area contributed by atoms with E-state index in [1.807, 2.05) is 36.5 Å². The zero-order valence-electron chi connectivity index (χ0n) is 17.4. The lowest BCUT2D eigenvalue weighted by molar-refractivity contribution is -0.114. The third-order valence-corrected chi connectivity index (χ3v) is 5.85. The number of carbonyl (C=O) groups is 1. The summed E-state index contributed by atoms with van der Waals surface area (Å²) in [5.74, 6) is 0.620. The van der Waals surface area contributed by atoms with Crippen molar-refractivity contribution in [3.63, 3.8) is 0 Å². The number of likely N-dealkylation sites (N-methyl/N-ethyl adjacent to an activating group) is 1. The van der Waals surface area contributed by atoms with E-state index in [9.17, 15) is 4.79 Å². The van der Waals surface area contributed by atoms with Gasteiger partial charge >= 0.3 is 0 Å². The van der Waals surface area contributed by atoms with Crippen LogP contribution < -0.4 is 4.90 Å². The van der Waals surface area contributed by atoms with Crippen LogP contribution in [0.15, 0.2) is 70.4 Å². The summed E-state index contributed by atoms with van der Waals surface area (Å²) in [6.45, 7) is 6.24. The smallest absolute Gasteiger partial charge is 0.284 e. The molecular formula is C24H25N5O. The van der Waals surface area contributed by atoms with E-state index in [4.69, 9.17) is 9.98 Å². The van der Waals surface area contributed by atoms with E-state index < -0.39 is 0 Å². The maximum atomic E-state index is 13.4. The van der Waals surface area contributed by atoms with Gasteiger partial charge in [-0.25, -0.2) is 4.99 Å². The van der Waals surface area contributed by atoms with Crippen LogP contribution in [-0.4, -0.2) is 67.0 Å². The molecule has 6 nitrogen and oxygen atoms in total. The molecule has 1 amide bonds. The van der Waals surface area contributed by atoms with Crippen molar-refractivity contribution in [3.05, 3.63) is 77.1 Å². The molecule has 0 saturated carbocycles. The second kappa shape index (κ2) is 7.54. The predicted octanol–water partition coefficient (Wildman–Crippen LogP) is 2.68. The average molecular weight is 399 g/mol. The molecule has 0 unspecified atom stereocenters. The van der Waals surface area contributed by atoms with Crippen molar-refractivity contribution in [1.82, 2.24) is 9.80 Å². The van der Waals surface area contributed by atoms with Crippen LogP contribution >= 0.6 is 0 Å². The Morgan fingerprint density at radius 3 is 2.53 bits per heavy atom. The maximum absolute atomic E-state index is 13.4. The third-order valence-electron chi connectivity index (χ3n) is 5.85. The van der Waals surface area contributed by atoms with Crippen molar-refractivity contribution in [2.75, 3.05) is 44.7 Å². The SMILES string of the molecule is Cc1ccc2c(c1)C(c1ccccc1)=NCC1=N/C(=C\N3CCN(C)CC3)C(=O)N12. The quantitative estimate of drug-likeness (QED) is 0.730. The number of piperazine rings is 1. The summed E-state index contributed by atoms with van der Waals surface area (Å²) in [4.78, 5) is 29.2. The highest BCUT2D eigenvalue weighted by Gasteiger charge is 2.35. The van der Waals surface area contributed by atoms with Gasteiger partial charge in [0, 0.05) is 43.5 Å². The molecule has 0 aliphatic carbocycles. The maximum Gasteiger partial charge on any atom is 0.284 e. The number of aliphatic imine (C=N–C) groups is 2. The van der Waals surface area contributed by atoms with Gasteiger partial charge in [0.15, 0.2) is 0 Å². The number of anilines is 1. The largest absolute Gasteiger partial charge is 0.373 e. The molecular weight excluding hydrogens is 374 g/mol. The number of carbonyl (C=O) groups excluding carboxylic acids is 1. The van der Waals surface area contributed by atoms with Crippen molar-refractivity contribution < 1.29 is 4.79 Å². The second-order valence-electron chi connectivity index (χ2n) is 8.07. The number of benzene rings is 2. The molecule has 3 heterocycles. The van der Waals surface area contributed by atoms with Gasteiger partial charge in [0.05, 0.1) is 17.9 Å². The minimum absolute atomic E-state index is 0.0708. The van der Waals surface area contributed by atoms with Gasteiger partial charge in [-0.3, -0.25) is 14.7 Å². The fourth-order valence-corrected chi connectivity index (χ4v) is 4.14. The summed E-state index contributed by atoms with van der Waals surface area (Å²) in [5, 5.41) is 0. The predicted molar refractivity (Wildman–Crippen MR) is 120 cm³/mol. The monoisotopic (exact) mass is 399 g/mol. The Hall–Kier alpha value is -3.25. The van der Waals surface area contributed by atoms with Crippen molar-refractivity contribution >= 4 is 23.1 Å². The van der Waals surface area contributed by atoms with Gasteiger partial charge < -0.3 is 9.80 Å². The van der Waals surface area contributed by atoms with Gasteiger partial charge in [0.25, 0.3) is 5.91 Å². The highest BCUT2D eigenvalue weighted by Crippen LogP contribution is 2.32. The second-order valence-corrected chi connectivity index (χ2v) is 8.07. The van der Waals surface area contributed by atoms with E-state index in [-0.39, 0.29) is 5.91 Å². The molecule has 2 aromatic rings. The number of fused-ring (bicyclic) bond motifs is 3. The minimum atomic E-state index is -0.0708.